The van der Waals surface area contributed by atoms with Crippen molar-refractivity contribution >= 4 is 29.6 Å². The highest BCUT2D eigenvalue weighted by Gasteiger charge is 2.17. The average molecular weight is 413 g/mol. The van der Waals surface area contributed by atoms with Crippen molar-refractivity contribution in [2.45, 2.75) is 26.4 Å². The maximum absolute atomic E-state index is 12.3. The van der Waals surface area contributed by atoms with E-state index in [0.717, 1.165) is 0 Å². The lowest BCUT2D eigenvalue weighted by Crippen LogP contribution is -2.44. The van der Waals surface area contributed by atoms with Gasteiger partial charge < -0.3 is 14.8 Å². The van der Waals surface area contributed by atoms with Crippen molar-refractivity contribution in [1.29, 1.82) is 0 Å². The third-order valence-corrected chi connectivity index (χ3v) is 3.65. The highest BCUT2D eigenvalue weighted by atomic mass is 16.6. The van der Waals surface area contributed by atoms with Crippen LogP contribution in [0.4, 0.5) is 10.5 Å². The monoisotopic (exact) mass is 413 g/mol. The molecule has 0 bridgehead atoms. The van der Waals surface area contributed by atoms with E-state index in [4.69, 9.17) is 4.74 Å². The third kappa shape index (κ3) is 6.62. The number of rotatable bonds is 4. The van der Waals surface area contributed by atoms with Gasteiger partial charge in [0.2, 0.25) is 0 Å². The molecule has 0 aliphatic carbocycles. The Kier molecular flexibility index (Phi) is 7.13. The zero-order chi connectivity index (χ0) is 22.3. The summed E-state index contributed by atoms with van der Waals surface area (Å²) in [5.41, 5.74) is 5.14. The number of amides is 3. The number of ether oxygens (including phenoxy) is 2. The third-order valence-electron chi connectivity index (χ3n) is 3.65. The molecule has 3 amide bonds. The number of carbonyl (C=O) groups is 4. The largest absolute Gasteiger partial charge is 0.465 e. The molecule has 158 valence electrons. The van der Waals surface area contributed by atoms with Crippen molar-refractivity contribution in [2.75, 3.05) is 12.4 Å². The Morgan fingerprint density at radius 1 is 0.733 bits per heavy atom. The minimum atomic E-state index is -0.780. The maximum atomic E-state index is 12.3. The van der Waals surface area contributed by atoms with E-state index in [1.54, 1.807) is 32.9 Å². The number of esters is 1. The zero-order valence-corrected chi connectivity index (χ0v) is 17.1. The van der Waals surface area contributed by atoms with E-state index in [2.05, 4.69) is 20.9 Å². The molecule has 0 spiro atoms. The minimum absolute atomic E-state index is 0.270. The minimum Gasteiger partial charge on any atom is -0.465 e. The number of nitrogens with one attached hydrogen (secondary N) is 3. The number of benzene rings is 2. The smallest absolute Gasteiger partial charge is 0.426 e. The topological polar surface area (TPSA) is 123 Å². The fourth-order valence-corrected chi connectivity index (χ4v) is 2.27. The van der Waals surface area contributed by atoms with E-state index < -0.39 is 23.6 Å². The predicted octanol–water partition coefficient (Wildman–Crippen LogP) is 2.90. The Bertz CT molecular complexity index is 931. The fourth-order valence-electron chi connectivity index (χ4n) is 2.27. The van der Waals surface area contributed by atoms with Crippen LogP contribution in [0, 0.1) is 0 Å². The van der Waals surface area contributed by atoms with Gasteiger partial charge in [0.1, 0.15) is 5.60 Å². The van der Waals surface area contributed by atoms with E-state index in [1.165, 1.54) is 43.5 Å². The molecule has 0 heterocycles. The Hall–Kier alpha value is -3.88. The molecule has 2 aromatic carbocycles. The maximum Gasteiger partial charge on any atom is 0.426 e. The number of carbonyl (C=O) groups excluding carboxylic acids is 4. The summed E-state index contributed by atoms with van der Waals surface area (Å²) in [5.74, 6) is -1.41. The Morgan fingerprint density at radius 2 is 1.23 bits per heavy atom. The van der Waals surface area contributed by atoms with Crippen LogP contribution in [0.25, 0.3) is 0 Å². The summed E-state index contributed by atoms with van der Waals surface area (Å²) < 4.78 is 9.63. The van der Waals surface area contributed by atoms with Crippen LogP contribution in [-0.4, -0.2) is 36.6 Å². The van der Waals surface area contributed by atoms with Gasteiger partial charge >= 0.3 is 12.1 Å². The molecule has 0 aliphatic rings. The van der Waals surface area contributed by atoms with Crippen LogP contribution in [0.2, 0.25) is 0 Å². The molecule has 0 saturated carbocycles. The summed E-state index contributed by atoms with van der Waals surface area (Å²) in [5, 5.41) is 2.69. The first kappa shape index (κ1) is 22.4. The lowest BCUT2D eigenvalue weighted by molar-refractivity contribution is 0.0483. The van der Waals surface area contributed by atoms with Crippen molar-refractivity contribution in [3.63, 3.8) is 0 Å². The van der Waals surface area contributed by atoms with E-state index >= 15 is 0 Å². The molecule has 3 N–H and O–H groups in total. The first-order valence-electron chi connectivity index (χ1n) is 8.98. The van der Waals surface area contributed by atoms with Gasteiger partial charge in [-0.05, 0) is 69.3 Å². The summed E-state index contributed by atoms with van der Waals surface area (Å²) >= 11 is 0. The first-order chi connectivity index (χ1) is 14.1. The van der Waals surface area contributed by atoms with Crippen LogP contribution in [0.15, 0.2) is 48.5 Å². The number of anilines is 1. The molecular weight excluding hydrogens is 390 g/mol. The molecule has 30 heavy (non-hydrogen) atoms. The molecular formula is C21H23N3O6. The number of hydrazine groups is 1. The second-order valence-corrected chi connectivity index (χ2v) is 7.18. The first-order valence-corrected chi connectivity index (χ1v) is 8.98. The van der Waals surface area contributed by atoms with Crippen LogP contribution >= 0.6 is 0 Å². The zero-order valence-electron chi connectivity index (χ0n) is 17.1. The molecule has 0 fully saturated rings. The Morgan fingerprint density at radius 3 is 1.77 bits per heavy atom. The standard InChI is InChI=1S/C21H23N3O6/c1-21(2,3)30-20(28)24-23-18(26)14-9-11-16(12-10-14)22-17(25)13-5-7-15(8-6-13)19(27)29-4/h5-12H,1-4H3,(H,22,25)(H,23,26)(H,24,28). The van der Waals surface area contributed by atoms with Gasteiger partial charge in [-0.2, -0.15) is 0 Å². The molecule has 0 aliphatic heterocycles. The molecule has 0 radical (unpaired) electrons. The van der Waals surface area contributed by atoms with Crippen molar-refractivity contribution in [3.05, 3.63) is 65.2 Å². The molecule has 9 nitrogen and oxygen atoms in total. The number of hydrogen-bond acceptors (Lipinski definition) is 6. The van der Waals surface area contributed by atoms with E-state index in [9.17, 15) is 19.2 Å². The average Bonchev–Trinajstić information content (AvgIpc) is 2.70. The van der Waals surface area contributed by atoms with Crippen molar-refractivity contribution < 1.29 is 28.7 Å². The van der Waals surface area contributed by atoms with E-state index in [-0.39, 0.29) is 11.5 Å². The molecule has 9 heteroatoms. The SMILES string of the molecule is COC(=O)c1ccc(C(=O)Nc2ccc(C(=O)NNC(=O)OC(C)(C)C)cc2)cc1. The van der Waals surface area contributed by atoms with Crippen LogP contribution in [0.1, 0.15) is 51.8 Å². The van der Waals surface area contributed by atoms with Crippen LogP contribution in [0.5, 0.6) is 0 Å². The summed E-state index contributed by atoms with van der Waals surface area (Å²) in [4.78, 5) is 47.4. The molecule has 2 rings (SSSR count). The lowest BCUT2D eigenvalue weighted by Gasteiger charge is -2.19. The molecule has 2 aromatic rings. The van der Waals surface area contributed by atoms with Crippen LogP contribution in [-0.2, 0) is 9.47 Å². The lowest BCUT2D eigenvalue weighted by atomic mass is 10.1. The highest BCUT2D eigenvalue weighted by molar-refractivity contribution is 6.05. The van der Waals surface area contributed by atoms with Gasteiger partial charge in [0.25, 0.3) is 11.8 Å². The van der Waals surface area contributed by atoms with Crippen LogP contribution in [0.3, 0.4) is 0 Å². The van der Waals surface area contributed by atoms with E-state index in [0.29, 0.717) is 16.8 Å². The number of methoxy groups -OCH3 is 1. The second-order valence-electron chi connectivity index (χ2n) is 7.18. The van der Waals surface area contributed by atoms with Crippen LogP contribution < -0.4 is 16.2 Å². The van der Waals surface area contributed by atoms with Gasteiger partial charge in [0.15, 0.2) is 0 Å². The van der Waals surface area contributed by atoms with Gasteiger partial charge in [-0.3, -0.25) is 15.0 Å². The molecule has 0 unspecified atom stereocenters. The van der Waals surface area contributed by atoms with Crippen molar-refractivity contribution in [3.8, 4) is 0 Å². The normalized spacial score (nSPS) is 10.5. The van der Waals surface area contributed by atoms with Crippen molar-refractivity contribution in [2.24, 2.45) is 0 Å². The summed E-state index contributed by atoms with van der Waals surface area (Å²) in [6, 6.07) is 12.1. The highest BCUT2D eigenvalue weighted by Crippen LogP contribution is 2.13. The Labute approximate surface area is 173 Å². The quantitative estimate of drug-likeness (QED) is 0.523. The van der Waals surface area contributed by atoms with E-state index in [1.807, 2.05) is 0 Å². The molecule has 0 saturated heterocycles. The van der Waals surface area contributed by atoms with Gasteiger partial charge in [-0.15, -0.1) is 0 Å². The van der Waals surface area contributed by atoms with Crippen molar-refractivity contribution in [1.82, 2.24) is 10.9 Å². The van der Waals surface area contributed by atoms with Gasteiger partial charge in [0, 0.05) is 16.8 Å². The summed E-state index contributed by atoms with van der Waals surface area (Å²) in [6.45, 7) is 5.11. The Balaban J connectivity index is 1.92. The van der Waals surface area contributed by atoms with Gasteiger partial charge in [-0.25, -0.2) is 15.0 Å². The van der Waals surface area contributed by atoms with Gasteiger partial charge in [-0.1, -0.05) is 0 Å². The fraction of sp³-hybridized carbons (Fsp3) is 0.238. The predicted molar refractivity (Wildman–Crippen MR) is 109 cm³/mol. The summed E-state index contributed by atoms with van der Waals surface area (Å²) in [6.07, 6.45) is -0.780. The second kappa shape index (κ2) is 9.55. The number of hydrogen-bond donors (Lipinski definition) is 3. The molecule has 0 aromatic heterocycles. The molecule has 0 atom stereocenters. The van der Waals surface area contributed by atoms with Gasteiger partial charge in [0.05, 0.1) is 12.7 Å². The summed E-state index contributed by atoms with van der Waals surface area (Å²) in [7, 11) is 1.28.